The second-order valence-corrected chi connectivity index (χ2v) is 7.27. The predicted octanol–water partition coefficient (Wildman–Crippen LogP) is 3.21. The van der Waals surface area contributed by atoms with E-state index in [9.17, 15) is 9.18 Å². The number of fused-ring (bicyclic) bond motifs is 1. The van der Waals surface area contributed by atoms with Crippen molar-refractivity contribution in [2.24, 2.45) is 0 Å². The maximum Gasteiger partial charge on any atom is 0.255 e. The molecule has 26 heavy (non-hydrogen) atoms. The number of halogens is 3. The van der Waals surface area contributed by atoms with Gasteiger partial charge in [-0.3, -0.25) is 4.79 Å². The number of nitrogens with zero attached hydrogens (tertiary/aromatic N) is 6. The van der Waals surface area contributed by atoms with Crippen LogP contribution in [0.1, 0.15) is 21.9 Å². The summed E-state index contributed by atoms with van der Waals surface area (Å²) in [6.07, 6.45) is 0. The zero-order valence-corrected chi connectivity index (χ0v) is 15.7. The SMILES string of the molecule is Cc1nnsc1-c1nnc2n1CCN(C(=O)c1ccc(Cl)c(F)c1Cl)C2. The minimum atomic E-state index is -0.796. The van der Waals surface area contributed by atoms with Crippen molar-refractivity contribution >= 4 is 40.6 Å². The lowest BCUT2D eigenvalue weighted by Crippen LogP contribution is -2.38. The molecule has 4 rings (SSSR count). The molecule has 0 aliphatic carbocycles. The van der Waals surface area contributed by atoms with Gasteiger partial charge >= 0.3 is 0 Å². The van der Waals surface area contributed by atoms with Crippen molar-refractivity contribution < 1.29 is 9.18 Å². The molecule has 11 heteroatoms. The van der Waals surface area contributed by atoms with Crippen molar-refractivity contribution in [1.82, 2.24) is 29.3 Å². The molecule has 1 aromatic carbocycles. The molecular formula is C15H11Cl2FN6OS. The molecule has 1 aliphatic heterocycles. The van der Waals surface area contributed by atoms with Crippen molar-refractivity contribution in [2.45, 2.75) is 20.0 Å². The van der Waals surface area contributed by atoms with Gasteiger partial charge in [-0.05, 0) is 30.6 Å². The van der Waals surface area contributed by atoms with Crippen molar-refractivity contribution in [3.8, 4) is 10.7 Å². The Kier molecular flexibility index (Phi) is 4.37. The molecule has 0 unspecified atom stereocenters. The number of rotatable bonds is 2. The molecule has 1 amide bonds. The van der Waals surface area contributed by atoms with Crippen LogP contribution in [0.3, 0.4) is 0 Å². The van der Waals surface area contributed by atoms with Gasteiger partial charge in [-0.1, -0.05) is 27.7 Å². The summed E-state index contributed by atoms with van der Waals surface area (Å²) in [6.45, 7) is 3.03. The molecular weight excluding hydrogens is 402 g/mol. The van der Waals surface area contributed by atoms with Crippen molar-refractivity contribution in [3.63, 3.8) is 0 Å². The van der Waals surface area contributed by atoms with Crippen LogP contribution in [-0.2, 0) is 13.1 Å². The van der Waals surface area contributed by atoms with Gasteiger partial charge in [0, 0.05) is 13.1 Å². The molecule has 3 aromatic rings. The Morgan fingerprint density at radius 1 is 1.23 bits per heavy atom. The minimum Gasteiger partial charge on any atom is -0.329 e. The van der Waals surface area contributed by atoms with Crippen molar-refractivity contribution in [1.29, 1.82) is 0 Å². The molecule has 7 nitrogen and oxygen atoms in total. The first-order valence-corrected chi connectivity index (χ1v) is 9.14. The van der Waals surface area contributed by atoms with E-state index < -0.39 is 5.82 Å². The van der Waals surface area contributed by atoms with Crippen LogP contribution in [0.25, 0.3) is 10.7 Å². The van der Waals surface area contributed by atoms with Crippen LogP contribution in [0.5, 0.6) is 0 Å². The summed E-state index contributed by atoms with van der Waals surface area (Å²) in [4.78, 5) is 15.1. The number of hydrogen-bond donors (Lipinski definition) is 0. The predicted molar refractivity (Wildman–Crippen MR) is 94.8 cm³/mol. The number of aromatic nitrogens is 5. The van der Waals surface area contributed by atoms with E-state index in [1.165, 1.54) is 23.7 Å². The molecule has 0 saturated carbocycles. The summed E-state index contributed by atoms with van der Waals surface area (Å²) in [7, 11) is 0. The molecule has 134 valence electrons. The highest BCUT2D eigenvalue weighted by atomic mass is 35.5. The number of amides is 1. The second kappa shape index (κ2) is 6.57. The number of carbonyl (C=O) groups is 1. The highest BCUT2D eigenvalue weighted by Crippen LogP contribution is 2.30. The first kappa shape index (κ1) is 17.3. The van der Waals surface area contributed by atoms with Crippen LogP contribution >= 0.6 is 34.7 Å². The maximum absolute atomic E-state index is 13.9. The maximum atomic E-state index is 13.9. The topological polar surface area (TPSA) is 76.8 Å². The van der Waals surface area contributed by atoms with E-state index in [-0.39, 0.29) is 28.1 Å². The standard InChI is InChI=1S/C15H11Cl2FN6OS/c1-7-13(26-22-19-7)14-21-20-10-6-23(4-5-24(10)14)15(25)8-2-3-9(16)12(18)11(8)17/h2-3H,4-6H2,1H3. The van der Waals surface area contributed by atoms with E-state index in [2.05, 4.69) is 19.8 Å². The van der Waals surface area contributed by atoms with E-state index in [1.54, 1.807) is 4.90 Å². The van der Waals surface area contributed by atoms with Gasteiger partial charge in [-0.15, -0.1) is 15.3 Å². The normalized spacial score (nSPS) is 13.8. The van der Waals surface area contributed by atoms with Gasteiger partial charge in [0.05, 0.1) is 27.8 Å². The fourth-order valence-corrected chi connectivity index (χ4v) is 3.90. The van der Waals surface area contributed by atoms with Crippen LogP contribution in [0.2, 0.25) is 10.0 Å². The average Bonchev–Trinajstić information content (AvgIpc) is 3.24. The molecule has 0 bridgehead atoms. The molecule has 0 spiro atoms. The van der Waals surface area contributed by atoms with E-state index >= 15 is 0 Å². The number of hydrogen-bond acceptors (Lipinski definition) is 6. The van der Waals surface area contributed by atoms with Crippen LogP contribution in [0.15, 0.2) is 12.1 Å². The van der Waals surface area contributed by atoms with Gasteiger partial charge in [-0.2, -0.15) is 0 Å². The first-order chi connectivity index (χ1) is 12.5. The van der Waals surface area contributed by atoms with Crippen LogP contribution in [-0.4, -0.2) is 41.7 Å². The van der Waals surface area contributed by atoms with Gasteiger partial charge in [0.15, 0.2) is 17.5 Å². The Balaban J connectivity index is 1.62. The third-order valence-corrected chi connectivity index (χ3v) is 5.65. The van der Waals surface area contributed by atoms with Crippen LogP contribution in [0, 0.1) is 12.7 Å². The van der Waals surface area contributed by atoms with E-state index in [0.717, 1.165) is 10.6 Å². The summed E-state index contributed by atoms with van der Waals surface area (Å²) in [6, 6.07) is 2.74. The third-order valence-electron chi connectivity index (χ3n) is 4.16. The summed E-state index contributed by atoms with van der Waals surface area (Å²) in [5.74, 6) is 0.153. The molecule has 0 atom stereocenters. The highest BCUT2D eigenvalue weighted by Gasteiger charge is 2.28. The summed E-state index contributed by atoms with van der Waals surface area (Å²) >= 11 is 12.9. The Labute approximate surface area is 161 Å². The van der Waals surface area contributed by atoms with Crippen molar-refractivity contribution in [3.05, 3.63) is 45.1 Å². The molecule has 0 radical (unpaired) electrons. The lowest BCUT2D eigenvalue weighted by Gasteiger charge is -2.28. The largest absolute Gasteiger partial charge is 0.329 e. The zero-order valence-electron chi connectivity index (χ0n) is 13.4. The minimum absolute atomic E-state index is 0.0734. The molecule has 1 aliphatic rings. The van der Waals surface area contributed by atoms with E-state index in [0.29, 0.717) is 24.7 Å². The van der Waals surface area contributed by atoms with E-state index in [4.69, 9.17) is 23.2 Å². The number of aryl methyl sites for hydroxylation is 1. The van der Waals surface area contributed by atoms with Gasteiger partial charge in [0.25, 0.3) is 5.91 Å². The average molecular weight is 413 g/mol. The van der Waals surface area contributed by atoms with Gasteiger partial charge in [0.1, 0.15) is 4.88 Å². The Bertz CT molecular complexity index is 1020. The zero-order chi connectivity index (χ0) is 18.4. The van der Waals surface area contributed by atoms with Crippen LogP contribution < -0.4 is 0 Å². The summed E-state index contributed by atoms with van der Waals surface area (Å²) < 4.78 is 19.7. The second-order valence-electron chi connectivity index (χ2n) is 5.73. The third kappa shape index (κ3) is 2.76. The van der Waals surface area contributed by atoms with E-state index in [1.807, 2.05) is 11.5 Å². The Morgan fingerprint density at radius 3 is 2.77 bits per heavy atom. The molecule has 0 saturated heterocycles. The number of carbonyl (C=O) groups excluding carboxylic acids is 1. The van der Waals surface area contributed by atoms with Gasteiger partial charge < -0.3 is 9.47 Å². The van der Waals surface area contributed by atoms with Gasteiger partial charge in [-0.25, -0.2) is 4.39 Å². The molecule has 3 heterocycles. The lowest BCUT2D eigenvalue weighted by molar-refractivity contribution is 0.0707. The Hall–Kier alpha value is -2.10. The lowest BCUT2D eigenvalue weighted by atomic mass is 10.1. The number of benzene rings is 1. The fourth-order valence-electron chi connectivity index (χ4n) is 2.80. The fraction of sp³-hybridized carbons (Fsp3) is 0.267. The monoisotopic (exact) mass is 412 g/mol. The van der Waals surface area contributed by atoms with Crippen molar-refractivity contribution in [2.75, 3.05) is 6.54 Å². The first-order valence-electron chi connectivity index (χ1n) is 7.61. The summed E-state index contributed by atoms with van der Waals surface area (Å²) in [5, 5.41) is 12.0. The quantitative estimate of drug-likeness (QED) is 0.603. The molecule has 0 fully saturated rings. The molecule has 0 N–H and O–H groups in total. The molecule has 2 aromatic heterocycles. The van der Waals surface area contributed by atoms with Crippen LogP contribution in [0.4, 0.5) is 4.39 Å². The Morgan fingerprint density at radius 2 is 2.04 bits per heavy atom. The summed E-state index contributed by atoms with van der Waals surface area (Å²) in [5.41, 5.74) is 0.858. The highest BCUT2D eigenvalue weighted by molar-refractivity contribution is 7.09. The smallest absolute Gasteiger partial charge is 0.255 e. The van der Waals surface area contributed by atoms with Gasteiger partial charge in [0.2, 0.25) is 0 Å².